The summed E-state index contributed by atoms with van der Waals surface area (Å²) in [6, 6.07) is 81.7. The van der Waals surface area contributed by atoms with Crippen LogP contribution in [0.3, 0.4) is 0 Å². The van der Waals surface area contributed by atoms with E-state index < -0.39 is 15.8 Å². The molecule has 0 saturated carbocycles. The van der Waals surface area contributed by atoms with Gasteiger partial charge in [-0.05, 0) is 121 Å². The van der Waals surface area contributed by atoms with Crippen molar-refractivity contribution in [3.05, 3.63) is 309 Å². The summed E-state index contributed by atoms with van der Waals surface area (Å²) in [7, 11) is -2.97. The third kappa shape index (κ3) is 12.3. The third-order valence-corrected chi connectivity index (χ3v) is 23.8. The largest absolute Gasteiger partial charge is 0.348 e. The number of fused-ring (bicyclic) bond motifs is 2. The fraction of sp³-hybridized carbons (Fsp3) is 0.216. The minimum absolute atomic E-state index is 0.148. The topological polar surface area (TPSA) is 129 Å². The number of amides is 4. The molecular weight excluding hydrogens is 1130 g/mol. The molecule has 4 atom stereocenters. The second kappa shape index (κ2) is 27.3. The lowest BCUT2D eigenvalue weighted by molar-refractivity contribution is -0.0533. The first-order valence-corrected chi connectivity index (χ1v) is 33.7. The van der Waals surface area contributed by atoms with E-state index in [-0.39, 0.29) is 46.8 Å². The average Bonchev–Trinajstić information content (AvgIpc) is 1.60. The number of nitrogens with zero attached hydrogens (tertiary/aromatic N) is 4. The summed E-state index contributed by atoms with van der Waals surface area (Å²) >= 11 is 0. The van der Waals surface area contributed by atoms with Crippen molar-refractivity contribution in [1.29, 1.82) is 0 Å². The van der Waals surface area contributed by atoms with E-state index in [0.717, 1.165) is 96.4 Å². The average molecular weight is 1200 g/mol. The molecule has 0 aromatic heterocycles. The summed E-state index contributed by atoms with van der Waals surface area (Å²) in [6.45, 7) is 4.50. The van der Waals surface area contributed by atoms with Crippen LogP contribution in [-0.2, 0) is 26.2 Å². The van der Waals surface area contributed by atoms with Gasteiger partial charge in [0.1, 0.15) is 0 Å². The maximum Gasteiger partial charge on any atom is 0.251 e. The van der Waals surface area contributed by atoms with Gasteiger partial charge in [-0.1, -0.05) is 218 Å². The Morgan fingerprint density at radius 3 is 0.727 bits per heavy atom. The highest BCUT2D eigenvalue weighted by Crippen LogP contribution is 2.74. The SMILES string of the molecule is O=C(NCc1ccccc1)c1ccccc1C1N2CCCCN2C(c2ccccc2C(=O)NCc2ccccc2)P1c1ccccc1P1C(c2ccccc2C(=O)NCc2ccccc2)N2CCCCN2C1c1ccccc1C(=O)NCc1ccccc1. The van der Waals surface area contributed by atoms with Crippen molar-refractivity contribution in [3.63, 3.8) is 0 Å². The molecule has 4 aliphatic rings. The zero-order valence-corrected chi connectivity index (χ0v) is 51.0. The lowest BCUT2D eigenvalue weighted by Gasteiger charge is -2.38. The number of hydrogen-bond acceptors (Lipinski definition) is 8. The number of carbonyl (C=O) groups excluding carboxylic acids is 4. The van der Waals surface area contributed by atoms with Gasteiger partial charge in [-0.25, -0.2) is 20.0 Å². The number of hydrogen-bond donors (Lipinski definition) is 4. The lowest BCUT2D eigenvalue weighted by atomic mass is 10.0. The van der Waals surface area contributed by atoms with Crippen molar-refractivity contribution in [3.8, 4) is 0 Å². The van der Waals surface area contributed by atoms with Crippen LogP contribution >= 0.6 is 15.8 Å². The van der Waals surface area contributed by atoms with Crippen molar-refractivity contribution in [1.82, 2.24) is 41.3 Å². The Morgan fingerprint density at radius 1 is 0.284 bits per heavy atom. The molecule has 9 aromatic carbocycles. The molecule has 4 N–H and O–H groups in total. The van der Waals surface area contributed by atoms with Gasteiger partial charge in [0.25, 0.3) is 23.6 Å². The Labute approximate surface area is 518 Å². The molecule has 9 aromatic rings. The van der Waals surface area contributed by atoms with Crippen molar-refractivity contribution in [2.24, 2.45) is 0 Å². The molecule has 4 aliphatic heterocycles. The van der Waals surface area contributed by atoms with Crippen LogP contribution in [0.5, 0.6) is 0 Å². The molecule has 442 valence electrons. The summed E-state index contributed by atoms with van der Waals surface area (Å²) in [5, 5.41) is 25.7. The number of hydrazine groups is 2. The summed E-state index contributed by atoms with van der Waals surface area (Å²) in [4.78, 5) is 60.3. The van der Waals surface area contributed by atoms with Crippen molar-refractivity contribution < 1.29 is 19.2 Å². The van der Waals surface area contributed by atoms with Gasteiger partial charge in [0, 0.05) is 74.6 Å². The highest BCUT2D eigenvalue weighted by molar-refractivity contribution is 7.72. The minimum atomic E-state index is -1.48. The van der Waals surface area contributed by atoms with Gasteiger partial charge < -0.3 is 21.3 Å². The summed E-state index contributed by atoms with van der Waals surface area (Å²) in [5.74, 6) is -1.85. The molecule has 4 amide bonds. The Balaban J connectivity index is 1.01. The van der Waals surface area contributed by atoms with Crippen LogP contribution in [0.15, 0.2) is 243 Å². The first kappa shape index (κ1) is 58.6. The highest BCUT2D eigenvalue weighted by Gasteiger charge is 2.56. The lowest BCUT2D eigenvalue weighted by Crippen LogP contribution is -2.44. The molecule has 14 heteroatoms. The molecule has 4 unspecified atom stereocenters. The molecule has 12 nitrogen and oxygen atoms in total. The predicted octanol–water partition coefficient (Wildman–Crippen LogP) is 13.1. The summed E-state index contributed by atoms with van der Waals surface area (Å²) in [5.41, 5.74) is 10.2. The van der Waals surface area contributed by atoms with Gasteiger partial charge >= 0.3 is 0 Å². The molecule has 88 heavy (non-hydrogen) atoms. The Hall–Kier alpha value is -8.44. The maximum atomic E-state index is 15.1. The highest BCUT2D eigenvalue weighted by atomic mass is 31.1. The third-order valence-electron chi connectivity index (χ3n) is 17.4. The molecule has 4 fully saturated rings. The van der Waals surface area contributed by atoms with Crippen LogP contribution in [0.2, 0.25) is 0 Å². The molecule has 0 bridgehead atoms. The minimum Gasteiger partial charge on any atom is -0.348 e. The molecular formula is C74H72N8O4P2. The van der Waals surface area contributed by atoms with E-state index >= 15 is 19.2 Å². The molecule has 4 saturated heterocycles. The van der Waals surface area contributed by atoms with E-state index in [1.165, 1.54) is 10.6 Å². The van der Waals surface area contributed by atoms with Gasteiger partial charge in [0.15, 0.2) is 0 Å². The fourth-order valence-electron chi connectivity index (χ4n) is 13.4. The van der Waals surface area contributed by atoms with E-state index in [1.807, 2.05) is 170 Å². The van der Waals surface area contributed by atoms with E-state index in [9.17, 15) is 0 Å². The first-order chi connectivity index (χ1) is 43.4. The van der Waals surface area contributed by atoms with E-state index in [0.29, 0.717) is 48.4 Å². The predicted molar refractivity (Wildman–Crippen MR) is 352 cm³/mol. The normalized spacial score (nSPS) is 20.3. The van der Waals surface area contributed by atoms with E-state index in [4.69, 9.17) is 0 Å². The smallest absolute Gasteiger partial charge is 0.251 e. The number of carbonyl (C=O) groups is 4. The Kier molecular flexibility index (Phi) is 18.2. The molecule has 13 rings (SSSR count). The van der Waals surface area contributed by atoms with E-state index in [2.05, 4.69) is 114 Å². The van der Waals surface area contributed by atoms with Crippen LogP contribution in [-0.4, -0.2) is 69.8 Å². The van der Waals surface area contributed by atoms with Crippen LogP contribution in [0.1, 0.15) is 135 Å². The second-order valence-corrected chi connectivity index (χ2v) is 27.4. The summed E-state index contributed by atoms with van der Waals surface area (Å²) in [6.07, 6.45) is 3.83. The number of rotatable bonds is 18. The standard InChI is InChI=1S/C74H72N8O4P2/c83-67(75-49-53-27-5-1-6-28-53)57-35-13-17-39-61(57)71-79-45-23-24-46-80(79)72(62-40-18-14-36-58(62)68(84)76-50-54-29-7-2-8-30-54)87(71)65-43-21-22-44-66(65)88-73(63-41-19-15-37-59(63)69(85)77-51-55-31-9-3-10-32-55)81-47-25-26-48-82(81)74(88)64-42-20-16-38-60(64)70(86)78-52-56-33-11-4-12-34-56/h1-22,27-44,71-74H,23-26,45-52H2,(H,75,83)(H,76,84)(H,77,85)(H,78,86). The van der Waals surface area contributed by atoms with Crippen molar-refractivity contribution in [2.75, 3.05) is 26.2 Å². The first-order valence-electron chi connectivity index (χ1n) is 30.8. The van der Waals surface area contributed by atoms with Gasteiger partial charge in [0.2, 0.25) is 0 Å². The maximum absolute atomic E-state index is 15.1. The fourth-order valence-corrected chi connectivity index (χ4v) is 21.1. The van der Waals surface area contributed by atoms with Gasteiger partial charge in [-0.15, -0.1) is 0 Å². The second-order valence-electron chi connectivity index (χ2n) is 22.9. The van der Waals surface area contributed by atoms with Crippen LogP contribution in [0.25, 0.3) is 0 Å². The van der Waals surface area contributed by atoms with Gasteiger partial charge in [0.05, 0.1) is 23.1 Å². The van der Waals surface area contributed by atoms with Gasteiger partial charge in [-0.2, -0.15) is 0 Å². The van der Waals surface area contributed by atoms with Crippen LogP contribution < -0.4 is 31.9 Å². The summed E-state index contributed by atoms with van der Waals surface area (Å²) < 4.78 is 0. The van der Waals surface area contributed by atoms with Crippen molar-refractivity contribution in [2.45, 2.75) is 75.0 Å². The zero-order valence-electron chi connectivity index (χ0n) is 49.2. The zero-order chi connectivity index (χ0) is 59.8. The molecule has 0 aliphatic carbocycles. The number of nitrogens with one attached hydrogen (secondary N) is 4. The van der Waals surface area contributed by atoms with Gasteiger partial charge in [-0.3, -0.25) is 19.2 Å². The van der Waals surface area contributed by atoms with Crippen molar-refractivity contribution >= 4 is 50.1 Å². The molecule has 4 heterocycles. The van der Waals surface area contributed by atoms with Crippen LogP contribution in [0.4, 0.5) is 0 Å². The molecule has 0 radical (unpaired) electrons. The van der Waals surface area contributed by atoms with E-state index in [1.54, 1.807) is 0 Å². The number of benzene rings is 9. The quantitative estimate of drug-likeness (QED) is 0.0625. The van der Waals surface area contributed by atoms with Crippen LogP contribution in [0, 0.1) is 0 Å². The monoisotopic (exact) mass is 1200 g/mol. The Morgan fingerprint density at radius 2 is 0.489 bits per heavy atom. The Bertz CT molecular complexity index is 3430. The molecule has 0 spiro atoms.